The van der Waals surface area contributed by atoms with Gasteiger partial charge in [-0.3, -0.25) is 5.32 Å². The average Bonchev–Trinajstić information content (AvgIpc) is 2.77. The highest BCUT2D eigenvalue weighted by molar-refractivity contribution is 5.14. The van der Waals surface area contributed by atoms with Gasteiger partial charge in [0.15, 0.2) is 0 Å². The van der Waals surface area contributed by atoms with Gasteiger partial charge in [-0.1, -0.05) is 0 Å². The summed E-state index contributed by atoms with van der Waals surface area (Å²) in [5.41, 5.74) is -0.226. The fourth-order valence-electron chi connectivity index (χ4n) is 1.86. The highest BCUT2D eigenvalue weighted by atomic mass is 15.2. The molecule has 66 valence electrons. The minimum absolute atomic E-state index is 0.226. The number of nitriles is 1. The molecule has 1 aliphatic heterocycles. The summed E-state index contributed by atoms with van der Waals surface area (Å²) in [6, 6.07) is 3.06. The predicted molar refractivity (Wildman–Crippen MR) is 46.6 cm³/mol. The molecule has 3 nitrogen and oxygen atoms in total. The molecule has 1 aliphatic carbocycles. The second-order valence-electron chi connectivity index (χ2n) is 4.10. The van der Waals surface area contributed by atoms with Crippen molar-refractivity contribution in [2.75, 3.05) is 20.1 Å². The zero-order valence-corrected chi connectivity index (χ0v) is 7.51. The van der Waals surface area contributed by atoms with Gasteiger partial charge in [-0.15, -0.1) is 0 Å². The van der Waals surface area contributed by atoms with E-state index in [2.05, 4.69) is 23.3 Å². The first kappa shape index (κ1) is 8.03. The van der Waals surface area contributed by atoms with Crippen LogP contribution in [0, 0.1) is 11.3 Å². The number of hydrogen-bond donors (Lipinski definition) is 1. The molecule has 0 aromatic rings. The van der Waals surface area contributed by atoms with Crippen LogP contribution in [0.5, 0.6) is 0 Å². The summed E-state index contributed by atoms with van der Waals surface area (Å²) in [4.78, 5) is 2.22. The minimum atomic E-state index is -0.226. The molecule has 2 rings (SSSR count). The van der Waals surface area contributed by atoms with Crippen molar-refractivity contribution in [1.82, 2.24) is 10.2 Å². The lowest BCUT2D eigenvalue weighted by atomic mass is 10.0. The molecule has 2 fully saturated rings. The van der Waals surface area contributed by atoms with Crippen LogP contribution in [0.1, 0.15) is 19.3 Å². The standard InChI is InChI=1S/C9H15N3/c1-12-5-4-9(6-10,7-12)11-8-2-3-8/h8,11H,2-5,7H2,1H3. The third-order valence-electron chi connectivity index (χ3n) is 2.73. The molecular weight excluding hydrogens is 150 g/mol. The van der Waals surface area contributed by atoms with Crippen molar-refractivity contribution in [3.8, 4) is 6.07 Å². The zero-order chi connectivity index (χ0) is 8.60. The topological polar surface area (TPSA) is 39.1 Å². The van der Waals surface area contributed by atoms with Gasteiger partial charge in [0.1, 0.15) is 5.54 Å². The summed E-state index contributed by atoms with van der Waals surface area (Å²) >= 11 is 0. The van der Waals surface area contributed by atoms with Crippen LogP contribution in [-0.4, -0.2) is 36.6 Å². The smallest absolute Gasteiger partial charge is 0.120 e. The van der Waals surface area contributed by atoms with E-state index in [1.807, 2.05) is 0 Å². The molecule has 0 amide bonds. The van der Waals surface area contributed by atoms with E-state index in [9.17, 15) is 0 Å². The van der Waals surface area contributed by atoms with Crippen molar-refractivity contribution in [3.63, 3.8) is 0 Å². The molecule has 0 spiro atoms. The van der Waals surface area contributed by atoms with Crippen LogP contribution in [0.25, 0.3) is 0 Å². The Labute approximate surface area is 73.3 Å². The molecule has 0 aromatic carbocycles. The van der Waals surface area contributed by atoms with Gasteiger partial charge in [0.25, 0.3) is 0 Å². The number of nitrogens with one attached hydrogen (secondary N) is 1. The van der Waals surface area contributed by atoms with E-state index in [4.69, 9.17) is 5.26 Å². The van der Waals surface area contributed by atoms with E-state index in [-0.39, 0.29) is 5.54 Å². The summed E-state index contributed by atoms with van der Waals surface area (Å²) in [5.74, 6) is 0. The first-order valence-electron chi connectivity index (χ1n) is 4.62. The molecule has 1 saturated carbocycles. The Kier molecular flexibility index (Phi) is 1.82. The average molecular weight is 165 g/mol. The normalized spacial score (nSPS) is 36.7. The molecule has 1 atom stereocenters. The van der Waals surface area contributed by atoms with E-state index < -0.39 is 0 Å². The number of likely N-dealkylation sites (N-methyl/N-ethyl adjacent to an activating group) is 1. The Hall–Kier alpha value is -0.590. The van der Waals surface area contributed by atoms with Crippen molar-refractivity contribution in [1.29, 1.82) is 5.26 Å². The summed E-state index contributed by atoms with van der Waals surface area (Å²) in [5, 5.41) is 12.5. The van der Waals surface area contributed by atoms with Gasteiger partial charge in [0, 0.05) is 19.1 Å². The lowest BCUT2D eigenvalue weighted by Crippen LogP contribution is -2.47. The lowest BCUT2D eigenvalue weighted by Gasteiger charge is -2.21. The molecule has 1 N–H and O–H groups in total. The van der Waals surface area contributed by atoms with Gasteiger partial charge < -0.3 is 4.90 Å². The second-order valence-corrected chi connectivity index (χ2v) is 4.10. The van der Waals surface area contributed by atoms with Gasteiger partial charge in [-0.2, -0.15) is 5.26 Å². The van der Waals surface area contributed by atoms with Crippen molar-refractivity contribution in [2.45, 2.75) is 30.8 Å². The van der Waals surface area contributed by atoms with Crippen LogP contribution >= 0.6 is 0 Å². The Bertz CT molecular complexity index is 216. The Morgan fingerprint density at radius 1 is 1.58 bits per heavy atom. The zero-order valence-electron chi connectivity index (χ0n) is 7.51. The number of hydrogen-bond acceptors (Lipinski definition) is 3. The van der Waals surface area contributed by atoms with Gasteiger partial charge in [-0.05, 0) is 26.3 Å². The Morgan fingerprint density at radius 3 is 2.75 bits per heavy atom. The maximum atomic E-state index is 9.07. The number of nitrogens with zero attached hydrogens (tertiary/aromatic N) is 2. The second kappa shape index (κ2) is 2.72. The molecule has 1 saturated heterocycles. The molecule has 12 heavy (non-hydrogen) atoms. The SMILES string of the molecule is CN1CCC(C#N)(NC2CC2)C1. The lowest BCUT2D eigenvalue weighted by molar-refractivity contribution is 0.363. The Morgan fingerprint density at radius 2 is 2.33 bits per heavy atom. The van der Waals surface area contributed by atoms with Crippen molar-refractivity contribution < 1.29 is 0 Å². The van der Waals surface area contributed by atoms with Crippen LogP contribution in [0.3, 0.4) is 0 Å². The number of rotatable bonds is 2. The van der Waals surface area contributed by atoms with Gasteiger partial charge in [0.05, 0.1) is 6.07 Å². The van der Waals surface area contributed by atoms with E-state index >= 15 is 0 Å². The third-order valence-corrected chi connectivity index (χ3v) is 2.73. The van der Waals surface area contributed by atoms with E-state index in [1.54, 1.807) is 0 Å². The fraction of sp³-hybridized carbons (Fsp3) is 0.889. The van der Waals surface area contributed by atoms with E-state index in [0.717, 1.165) is 19.5 Å². The largest absolute Gasteiger partial charge is 0.303 e. The van der Waals surface area contributed by atoms with Gasteiger partial charge in [0.2, 0.25) is 0 Å². The predicted octanol–water partition coefficient (Wildman–Crippen LogP) is 0.336. The van der Waals surface area contributed by atoms with Crippen molar-refractivity contribution >= 4 is 0 Å². The molecule has 0 bridgehead atoms. The molecule has 1 unspecified atom stereocenters. The molecule has 3 heteroatoms. The maximum Gasteiger partial charge on any atom is 0.120 e. The monoisotopic (exact) mass is 165 g/mol. The highest BCUT2D eigenvalue weighted by Crippen LogP contribution is 2.27. The van der Waals surface area contributed by atoms with Gasteiger partial charge in [-0.25, -0.2) is 0 Å². The first-order valence-corrected chi connectivity index (χ1v) is 4.62. The minimum Gasteiger partial charge on any atom is -0.303 e. The quantitative estimate of drug-likeness (QED) is 0.641. The number of likely N-dealkylation sites (tertiary alicyclic amines) is 1. The van der Waals surface area contributed by atoms with Crippen molar-refractivity contribution in [3.05, 3.63) is 0 Å². The maximum absolute atomic E-state index is 9.07. The third kappa shape index (κ3) is 1.45. The molecule has 2 aliphatic rings. The van der Waals surface area contributed by atoms with Crippen molar-refractivity contribution in [2.24, 2.45) is 0 Å². The molecule has 0 aromatic heterocycles. The summed E-state index contributed by atoms with van der Waals surface area (Å²) in [7, 11) is 2.08. The van der Waals surface area contributed by atoms with Crippen LogP contribution in [0.15, 0.2) is 0 Å². The van der Waals surface area contributed by atoms with Crippen LogP contribution in [0.4, 0.5) is 0 Å². The summed E-state index contributed by atoms with van der Waals surface area (Å²) in [6.07, 6.45) is 3.50. The summed E-state index contributed by atoms with van der Waals surface area (Å²) in [6.45, 7) is 1.94. The first-order chi connectivity index (χ1) is 5.74. The van der Waals surface area contributed by atoms with Crippen LogP contribution in [-0.2, 0) is 0 Å². The van der Waals surface area contributed by atoms with Gasteiger partial charge >= 0.3 is 0 Å². The fourth-order valence-corrected chi connectivity index (χ4v) is 1.86. The van der Waals surface area contributed by atoms with E-state index in [1.165, 1.54) is 12.8 Å². The Balaban J connectivity index is 1.99. The molecular formula is C9H15N3. The highest BCUT2D eigenvalue weighted by Gasteiger charge is 2.40. The molecule has 0 radical (unpaired) electrons. The van der Waals surface area contributed by atoms with Crippen LogP contribution < -0.4 is 5.32 Å². The van der Waals surface area contributed by atoms with Crippen LogP contribution in [0.2, 0.25) is 0 Å². The summed E-state index contributed by atoms with van der Waals surface area (Å²) < 4.78 is 0. The molecule has 1 heterocycles. The van der Waals surface area contributed by atoms with E-state index in [0.29, 0.717) is 6.04 Å².